The second kappa shape index (κ2) is 6.68. The summed E-state index contributed by atoms with van der Waals surface area (Å²) in [4.78, 5) is 13.0. The van der Waals surface area contributed by atoms with Gasteiger partial charge in [0.2, 0.25) is 0 Å². The average molecular weight is 267 g/mol. The van der Waals surface area contributed by atoms with Gasteiger partial charge in [-0.25, -0.2) is 0 Å². The molecule has 0 spiro atoms. The van der Waals surface area contributed by atoms with Gasteiger partial charge in [-0.2, -0.15) is 5.10 Å². The second-order valence-corrected chi connectivity index (χ2v) is 5.18. The lowest BCUT2D eigenvalue weighted by Gasteiger charge is -2.31. The van der Waals surface area contributed by atoms with Crippen LogP contribution < -0.4 is 0 Å². The fourth-order valence-electron chi connectivity index (χ4n) is 2.68. The van der Waals surface area contributed by atoms with Gasteiger partial charge in [-0.1, -0.05) is 0 Å². The molecule has 0 aromatic carbocycles. The lowest BCUT2D eigenvalue weighted by Crippen LogP contribution is -2.35. The molecule has 0 aliphatic carbocycles. The molecule has 6 heteroatoms. The molecule has 0 saturated carbocycles. The fourth-order valence-corrected chi connectivity index (χ4v) is 2.68. The summed E-state index contributed by atoms with van der Waals surface area (Å²) in [5.41, 5.74) is 1.12. The van der Waals surface area contributed by atoms with Gasteiger partial charge in [-0.05, 0) is 25.3 Å². The van der Waals surface area contributed by atoms with Crippen LogP contribution in [-0.4, -0.2) is 50.6 Å². The zero-order valence-corrected chi connectivity index (χ0v) is 11.0. The first kappa shape index (κ1) is 14.0. The predicted octanol–water partition coefficient (Wildman–Crippen LogP) is 0.562. The van der Waals surface area contributed by atoms with E-state index in [2.05, 4.69) is 10.00 Å². The Kier molecular flexibility index (Phi) is 4.93. The average Bonchev–Trinajstić information content (AvgIpc) is 2.76. The molecular formula is C13H21N3O3. The van der Waals surface area contributed by atoms with Crippen LogP contribution in [0.1, 0.15) is 24.8 Å². The highest BCUT2D eigenvalue weighted by Crippen LogP contribution is 2.21. The van der Waals surface area contributed by atoms with Crippen molar-refractivity contribution in [3.63, 3.8) is 0 Å². The Morgan fingerprint density at radius 1 is 1.53 bits per heavy atom. The van der Waals surface area contributed by atoms with Crippen molar-refractivity contribution in [1.82, 2.24) is 14.7 Å². The van der Waals surface area contributed by atoms with E-state index in [0.717, 1.165) is 38.0 Å². The molecule has 1 aliphatic rings. The van der Waals surface area contributed by atoms with Crippen molar-refractivity contribution in [2.75, 3.05) is 19.7 Å². The third-order valence-corrected chi connectivity index (χ3v) is 3.49. The largest absolute Gasteiger partial charge is 0.481 e. The first-order valence-corrected chi connectivity index (χ1v) is 6.73. The lowest BCUT2D eigenvalue weighted by atomic mass is 9.95. The number of aliphatic hydroxyl groups excluding tert-OH is 1. The van der Waals surface area contributed by atoms with Crippen LogP contribution in [0.3, 0.4) is 0 Å². The zero-order valence-electron chi connectivity index (χ0n) is 11.0. The smallest absolute Gasteiger partial charge is 0.303 e. The van der Waals surface area contributed by atoms with Crippen molar-refractivity contribution < 1.29 is 15.0 Å². The van der Waals surface area contributed by atoms with E-state index in [4.69, 9.17) is 10.2 Å². The van der Waals surface area contributed by atoms with E-state index in [9.17, 15) is 4.79 Å². The quantitative estimate of drug-likeness (QED) is 0.787. The summed E-state index contributed by atoms with van der Waals surface area (Å²) >= 11 is 0. The highest BCUT2D eigenvalue weighted by atomic mass is 16.4. The van der Waals surface area contributed by atoms with Gasteiger partial charge in [0.25, 0.3) is 0 Å². The Bertz CT molecular complexity index is 419. The molecule has 2 heterocycles. The molecule has 1 fully saturated rings. The molecule has 2 N–H and O–H groups in total. The molecular weight excluding hydrogens is 246 g/mol. The fraction of sp³-hybridized carbons (Fsp3) is 0.692. The number of hydrogen-bond donors (Lipinski definition) is 2. The SMILES string of the molecule is O=C(O)CC1CCCN(Cc2cnn(CCO)c2)C1. The highest BCUT2D eigenvalue weighted by Gasteiger charge is 2.22. The van der Waals surface area contributed by atoms with Crippen LogP contribution in [0.5, 0.6) is 0 Å². The number of carboxylic acids is 1. The number of likely N-dealkylation sites (tertiary alicyclic amines) is 1. The molecule has 1 aliphatic heterocycles. The molecule has 0 bridgehead atoms. The molecule has 1 aromatic rings. The van der Waals surface area contributed by atoms with Crippen LogP contribution in [0, 0.1) is 5.92 Å². The van der Waals surface area contributed by atoms with E-state index < -0.39 is 5.97 Å². The van der Waals surface area contributed by atoms with Crippen LogP contribution in [0.25, 0.3) is 0 Å². The van der Waals surface area contributed by atoms with Gasteiger partial charge in [0.1, 0.15) is 0 Å². The number of piperidine rings is 1. The molecule has 0 amide bonds. The minimum atomic E-state index is -0.706. The number of carbonyl (C=O) groups is 1. The van der Waals surface area contributed by atoms with Crippen LogP contribution in [-0.2, 0) is 17.9 Å². The van der Waals surface area contributed by atoms with Crippen LogP contribution in [0.15, 0.2) is 12.4 Å². The maximum atomic E-state index is 10.8. The number of hydrogen-bond acceptors (Lipinski definition) is 4. The van der Waals surface area contributed by atoms with Crippen molar-refractivity contribution in [1.29, 1.82) is 0 Å². The highest BCUT2D eigenvalue weighted by molar-refractivity contribution is 5.67. The minimum Gasteiger partial charge on any atom is -0.481 e. The molecule has 2 rings (SSSR count). The Morgan fingerprint density at radius 2 is 2.37 bits per heavy atom. The molecule has 6 nitrogen and oxygen atoms in total. The van der Waals surface area contributed by atoms with E-state index in [1.165, 1.54) is 0 Å². The Labute approximate surface area is 112 Å². The van der Waals surface area contributed by atoms with Gasteiger partial charge in [0.05, 0.1) is 19.3 Å². The predicted molar refractivity (Wildman–Crippen MR) is 69.6 cm³/mol. The summed E-state index contributed by atoms with van der Waals surface area (Å²) in [6.07, 6.45) is 6.09. The van der Waals surface area contributed by atoms with Gasteiger partial charge in [0.15, 0.2) is 0 Å². The number of nitrogens with zero attached hydrogens (tertiary/aromatic N) is 3. The van der Waals surface area contributed by atoms with Crippen molar-refractivity contribution in [2.24, 2.45) is 5.92 Å². The third-order valence-electron chi connectivity index (χ3n) is 3.49. The summed E-state index contributed by atoms with van der Waals surface area (Å²) < 4.78 is 1.73. The van der Waals surface area contributed by atoms with Crippen molar-refractivity contribution in [3.8, 4) is 0 Å². The normalized spacial score (nSPS) is 20.6. The first-order valence-electron chi connectivity index (χ1n) is 6.73. The number of carboxylic acid groups (broad SMARTS) is 1. The van der Waals surface area contributed by atoms with Gasteiger partial charge >= 0.3 is 5.97 Å². The second-order valence-electron chi connectivity index (χ2n) is 5.18. The van der Waals surface area contributed by atoms with E-state index in [-0.39, 0.29) is 18.9 Å². The first-order chi connectivity index (χ1) is 9.17. The summed E-state index contributed by atoms with van der Waals surface area (Å²) in [5, 5.41) is 21.9. The Hall–Kier alpha value is -1.40. The van der Waals surface area contributed by atoms with Gasteiger partial charge in [-0.15, -0.1) is 0 Å². The van der Waals surface area contributed by atoms with Gasteiger partial charge in [0, 0.05) is 31.3 Å². The molecule has 1 aromatic heterocycles. The molecule has 1 saturated heterocycles. The maximum Gasteiger partial charge on any atom is 0.303 e. The maximum absolute atomic E-state index is 10.8. The van der Waals surface area contributed by atoms with E-state index in [1.807, 2.05) is 12.4 Å². The van der Waals surface area contributed by atoms with E-state index >= 15 is 0 Å². The lowest BCUT2D eigenvalue weighted by molar-refractivity contribution is -0.138. The number of rotatable bonds is 6. The summed E-state index contributed by atoms with van der Waals surface area (Å²) in [6, 6.07) is 0. The minimum absolute atomic E-state index is 0.0888. The van der Waals surface area contributed by atoms with Crippen LogP contribution >= 0.6 is 0 Å². The van der Waals surface area contributed by atoms with E-state index in [0.29, 0.717) is 6.54 Å². The topological polar surface area (TPSA) is 78.6 Å². The Balaban J connectivity index is 1.85. The molecule has 0 radical (unpaired) electrons. The summed E-state index contributed by atoms with van der Waals surface area (Å²) in [5.74, 6) is -0.443. The zero-order chi connectivity index (χ0) is 13.7. The standard InChI is InChI=1S/C13H21N3O3/c17-5-4-16-10-12(7-14-16)9-15-3-1-2-11(8-15)6-13(18)19/h7,10-11,17H,1-6,8-9H2,(H,18,19). The van der Waals surface area contributed by atoms with E-state index in [1.54, 1.807) is 4.68 Å². The van der Waals surface area contributed by atoms with Crippen molar-refractivity contribution in [2.45, 2.75) is 32.4 Å². The van der Waals surface area contributed by atoms with Crippen molar-refractivity contribution in [3.05, 3.63) is 18.0 Å². The summed E-state index contributed by atoms with van der Waals surface area (Å²) in [7, 11) is 0. The molecule has 19 heavy (non-hydrogen) atoms. The monoisotopic (exact) mass is 267 g/mol. The third kappa shape index (κ3) is 4.33. The Morgan fingerprint density at radius 3 is 3.11 bits per heavy atom. The van der Waals surface area contributed by atoms with Gasteiger partial charge < -0.3 is 10.2 Å². The van der Waals surface area contributed by atoms with Gasteiger partial charge in [-0.3, -0.25) is 14.4 Å². The van der Waals surface area contributed by atoms with Crippen LogP contribution in [0.4, 0.5) is 0 Å². The van der Waals surface area contributed by atoms with Crippen molar-refractivity contribution >= 4 is 5.97 Å². The van der Waals surface area contributed by atoms with Crippen LogP contribution in [0.2, 0.25) is 0 Å². The molecule has 1 unspecified atom stereocenters. The molecule has 106 valence electrons. The molecule has 1 atom stereocenters. The summed E-state index contributed by atoms with van der Waals surface area (Å²) in [6.45, 7) is 3.27. The number of aromatic nitrogens is 2. The number of aliphatic hydroxyl groups is 1. The number of aliphatic carboxylic acids is 1.